The number of nitrogens with one attached hydrogen (secondary N) is 2. The third kappa shape index (κ3) is 6.60. The molecule has 0 atom stereocenters. The van der Waals surface area contributed by atoms with Gasteiger partial charge in [-0.2, -0.15) is 0 Å². The monoisotopic (exact) mass is 493 g/mol. The Hall–Kier alpha value is -3.39. The van der Waals surface area contributed by atoms with Gasteiger partial charge in [0.15, 0.2) is 0 Å². The molecule has 2 N–H and O–H groups in total. The standard InChI is InChI=1S/C27H31N3O4S/c1-2-18-28-27(31)22-8-13-24(14-9-22)34-26-17-12-23(19-29-26)30-35(32,33)25-15-10-21(11-16-25)20-6-4-3-5-7-20/h8-17,19-20,30H,2-7,18H2,1H3,(H,28,31). The molecule has 2 aromatic carbocycles. The third-order valence-electron chi connectivity index (χ3n) is 6.13. The molecule has 1 aliphatic rings. The Morgan fingerprint density at radius 2 is 1.69 bits per heavy atom. The van der Waals surface area contributed by atoms with Crippen molar-refractivity contribution in [3.05, 3.63) is 78.0 Å². The van der Waals surface area contributed by atoms with Gasteiger partial charge in [0.1, 0.15) is 5.75 Å². The van der Waals surface area contributed by atoms with Gasteiger partial charge >= 0.3 is 0 Å². The first-order valence-electron chi connectivity index (χ1n) is 12.1. The number of aromatic nitrogens is 1. The lowest BCUT2D eigenvalue weighted by Gasteiger charge is -2.22. The second-order valence-electron chi connectivity index (χ2n) is 8.78. The van der Waals surface area contributed by atoms with E-state index in [1.165, 1.54) is 43.9 Å². The summed E-state index contributed by atoms with van der Waals surface area (Å²) in [7, 11) is -3.72. The number of amides is 1. The van der Waals surface area contributed by atoms with Crippen molar-refractivity contribution >= 4 is 21.6 Å². The molecule has 1 saturated carbocycles. The maximum Gasteiger partial charge on any atom is 0.261 e. The normalized spacial score (nSPS) is 14.3. The summed E-state index contributed by atoms with van der Waals surface area (Å²) in [4.78, 5) is 16.4. The Bertz CT molecular complexity index is 1220. The molecule has 0 radical (unpaired) electrons. The highest BCUT2D eigenvalue weighted by Gasteiger charge is 2.18. The molecule has 0 saturated heterocycles. The summed E-state index contributed by atoms with van der Waals surface area (Å²) < 4.78 is 33.9. The number of carbonyl (C=O) groups is 1. The van der Waals surface area contributed by atoms with E-state index in [1.807, 2.05) is 19.1 Å². The molecule has 3 aromatic rings. The molecule has 1 heterocycles. The van der Waals surface area contributed by atoms with E-state index in [9.17, 15) is 13.2 Å². The number of rotatable bonds is 9. The summed E-state index contributed by atoms with van der Waals surface area (Å²) in [6.07, 6.45) is 8.38. The maximum absolute atomic E-state index is 12.8. The van der Waals surface area contributed by atoms with E-state index < -0.39 is 10.0 Å². The van der Waals surface area contributed by atoms with Gasteiger partial charge in [-0.3, -0.25) is 9.52 Å². The molecule has 1 aliphatic carbocycles. The van der Waals surface area contributed by atoms with Crippen LogP contribution in [0.4, 0.5) is 5.69 Å². The first-order chi connectivity index (χ1) is 16.9. The molecule has 1 fully saturated rings. The van der Waals surface area contributed by atoms with Crippen molar-refractivity contribution in [1.82, 2.24) is 10.3 Å². The Morgan fingerprint density at radius 3 is 2.31 bits per heavy atom. The zero-order chi connectivity index (χ0) is 24.7. The van der Waals surface area contributed by atoms with Crippen LogP contribution in [0.2, 0.25) is 0 Å². The van der Waals surface area contributed by atoms with Gasteiger partial charge in [-0.1, -0.05) is 38.3 Å². The average Bonchev–Trinajstić information content (AvgIpc) is 2.89. The topological polar surface area (TPSA) is 97.4 Å². The molecule has 0 aliphatic heterocycles. The molecule has 0 spiro atoms. The van der Waals surface area contributed by atoms with E-state index in [2.05, 4.69) is 15.0 Å². The summed E-state index contributed by atoms with van der Waals surface area (Å²) in [5, 5.41) is 2.82. The Labute approximate surface area is 207 Å². The van der Waals surface area contributed by atoms with Crippen LogP contribution < -0.4 is 14.8 Å². The lowest BCUT2D eigenvalue weighted by atomic mass is 9.84. The average molecular weight is 494 g/mol. The van der Waals surface area contributed by atoms with Gasteiger partial charge in [0, 0.05) is 18.2 Å². The highest BCUT2D eigenvalue weighted by atomic mass is 32.2. The zero-order valence-electron chi connectivity index (χ0n) is 19.9. The Kier molecular flexibility index (Phi) is 8.02. The smallest absolute Gasteiger partial charge is 0.261 e. The fourth-order valence-electron chi connectivity index (χ4n) is 4.21. The second kappa shape index (κ2) is 11.4. The van der Waals surface area contributed by atoms with Crippen molar-refractivity contribution in [1.29, 1.82) is 0 Å². The summed E-state index contributed by atoms with van der Waals surface area (Å²) >= 11 is 0. The van der Waals surface area contributed by atoms with Crippen molar-refractivity contribution in [2.45, 2.75) is 56.3 Å². The van der Waals surface area contributed by atoms with Crippen LogP contribution >= 0.6 is 0 Å². The highest BCUT2D eigenvalue weighted by Crippen LogP contribution is 2.33. The SMILES string of the molecule is CCCNC(=O)c1ccc(Oc2ccc(NS(=O)(=O)c3ccc(C4CCCCC4)cc3)cn2)cc1. The van der Waals surface area contributed by atoms with Crippen LogP contribution in [-0.2, 0) is 10.0 Å². The van der Waals surface area contributed by atoms with E-state index in [0.29, 0.717) is 35.3 Å². The zero-order valence-corrected chi connectivity index (χ0v) is 20.7. The summed E-state index contributed by atoms with van der Waals surface area (Å²) in [5.41, 5.74) is 2.10. The van der Waals surface area contributed by atoms with Crippen molar-refractivity contribution in [2.75, 3.05) is 11.3 Å². The number of hydrogen-bond acceptors (Lipinski definition) is 5. The third-order valence-corrected chi connectivity index (χ3v) is 7.53. The number of pyridine rings is 1. The summed E-state index contributed by atoms with van der Waals surface area (Å²) in [5.74, 6) is 1.24. The van der Waals surface area contributed by atoms with Crippen molar-refractivity contribution in [3.8, 4) is 11.6 Å². The molecule has 0 bridgehead atoms. The predicted molar refractivity (Wildman–Crippen MR) is 136 cm³/mol. The first kappa shape index (κ1) is 24.7. The van der Waals surface area contributed by atoms with Crippen LogP contribution in [0.1, 0.15) is 67.3 Å². The van der Waals surface area contributed by atoms with Gasteiger partial charge in [0.2, 0.25) is 5.88 Å². The molecule has 0 unspecified atom stereocenters. The maximum atomic E-state index is 12.8. The minimum atomic E-state index is -3.72. The van der Waals surface area contributed by atoms with Crippen molar-refractivity contribution in [3.63, 3.8) is 0 Å². The van der Waals surface area contributed by atoms with E-state index >= 15 is 0 Å². The quantitative estimate of drug-likeness (QED) is 0.389. The fraction of sp³-hybridized carbons (Fsp3) is 0.333. The second-order valence-corrected chi connectivity index (χ2v) is 10.5. The van der Waals surface area contributed by atoms with Crippen LogP contribution in [0.15, 0.2) is 71.8 Å². The van der Waals surface area contributed by atoms with Crippen LogP contribution in [0, 0.1) is 0 Å². The number of nitrogens with zero attached hydrogens (tertiary/aromatic N) is 1. The number of hydrogen-bond donors (Lipinski definition) is 2. The molecular formula is C27H31N3O4S. The number of benzene rings is 2. The number of carbonyl (C=O) groups excluding carboxylic acids is 1. The van der Waals surface area contributed by atoms with Crippen LogP contribution in [0.25, 0.3) is 0 Å². The number of anilines is 1. The summed E-state index contributed by atoms with van der Waals surface area (Å²) in [6.45, 7) is 2.62. The fourth-order valence-corrected chi connectivity index (χ4v) is 5.25. The van der Waals surface area contributed by atoms with Crippen LogP contribution in [-0.4, -0.2) is 25.9 Å². The molecule has 1 aromatic heterocycles. The molecular weight excluding hydrogens is 462 g/mol. The predicted octanol–water partition coefficient (Wildman–Crippen LogP) is 5.86. The number of ether oxygens (including phenoxy) is 1. The molecule has 1 amide bonds. The molecule has 8 heteroatoms. The van der Waals surface area contributed by atoms with Gasteiger partial charge < -0.3 is 10.1 Å². The van der Waals surface area contributed by atoms with Crippen molar-refractivity contribution in [2.24, 2.45) is 0 Å². The van der Waals surface area contributed by atoms with E-state index in [0.717, 1.165) is 6.42 Å². The van der Waals surface area contributed by atoms with Gasteiger partial charge in [-0.25, -0.2) is 13.4 Å². The molecule has 4 rings (SSSR count). The molecule has 7 nitrogen and oxygen atoms in total. The Balaban J connectivity index is 1.35. The van der Waals surface area contributed by atoms with Crippen molar-refractivity contribution < 1.29 is 17.9 Å². The minimum absolute atomic E-state index is 0.128. The van der Waals surface area contributed by atoms with Gasteiger partial charge in [-0.15, -0.1) is 0 Å². The number of sulfonamides is 1. The van der Waals surface area contributed by atoms with Crippen LogP contribution in [0.3, 0.4) is 0 Å². The minimum Gasteiger partial charge on any atom is -0.439 e. The highest BCUT2D eigenvalue weighted by molar-refractivity contribution is 7.92. The first-order valence-corrected chi connectivity index (χ1v) is 13.6. The van der Waals surface area contributed by atoms with E-state index in [-0.39, 0.29) is 10.8 Å². The lowest BCUT2D eigenvalue weighted by Crippen LogP contribution is -2.23. The van der Waals surface area contributed by atoms with E-state index in [4.69, 9.17) is 4.74 Å². The summed E-state index contributed by atoms with van der Waals surface area (Å²) in [6, 6.07) is 17.1. The molecule has 184 valence electrons. The van der Waals surface area contributed by atoms with Gasteiger partial charge in [0.25, 0.3) is 15.9 Å². The van der Waals surface area contributed by atoms with E-state index in [1.54, 1.807) is 48.5 Å². The Morgan fingerprint density at radius 1 is 0.971 bits per heavy atom. The largest absolute Gasteiger partial charge is 0.439 e. The lowest BCUT2D eigenvalue weighted by molar-refractivity contribution is 0.0953. The van der Waals surface area contributed by atoms with Crippen LogP contribution in [0.5, 0.6) is 11.6 Å². The molecule has 35 heavy (non-hydrogen) atoms. The van der Waals surface area contributed by atoms with Gasteiger partial charge in [-0.05, 0) is 73.2 Å². The van der Waals surface area contributed by atoms with Gasteiger partial charge in [0.05, 0.1) is 16.8 Å².